The van der Waals surface area contributed by atoms with Gasteiger partial charge in [-0.2, -0.15) is 0 Å². The number of ketones is 1. The zero-order valence-electron chi connectivity index (χ0n) is 17.1. The van der Waals surface area contributed by atoms with Crippen molar-refractivity contribution in [3.63, 3.8) is 0 Å². The number of aromatic nitrogens is 2. The van der Waals surface area contributed by atoms with Gasteiger partial charge in [0.15, 0.2) is 12.4 Å². The fourth-order valence-electron chi connectivity index (χ4n) is 4.33. The highest BCUT2D eigenvalue weighted by molar-refractivity contribution is 7.18. The number of carbonyl (C=O) groups excluding carboxylic acids is 2. The van der Waals surface area contributed by atoms with Crippen molar-refractivity contribution in [3.8, 4) is 5.75 Å². The largest absolute Gasteiger partial charge is 0.482 e. The van der Waals surface area contributed by atoms with Gasteiger partial charge in [-0.15, -0.1) is 17.9 Å². The molecule has 31 heavy (non-hydrogen) atoms. The lowest BCUT2D eigenvalue weighted by molar-refractivity contribution is -0.121. The maximum atomic E-state index is 13.3. The number of anilines is 1. The van der Waals surface area contributed by atoms with Crippen LogP contribution in [0.15, 0.2) is 42.0 Å². The number of rotatable bonds is 5. The Hall–Kier alpha value is -3.26. The number of fused-ring (bicyclic) bond motifs is 4. The highest BCUT2D eigenvalue weighted by Crippen LogP contribution is 2.35. The molecule has 1 amide bonds. The third-order valence-electron chi connectivity index (χ3n) is 5.95. The molecule has 0 saturated heterocycles. The Morgan fingerprint density at radius 2 is 2.19 bits per heavy atom. The molecule has 1 aromatic carbocycles. The molecule has 2 aromatic heterocycles. The molecule has 7 nitrogen and oxygen atoms in total. The van der Waals surface area contributed by atoms with Gasteiger partial charge in [0.2, 0.25) is 0 Å². The zero-order valence-corrected chi connectivity index (χ0v) is 17.9. The number of aryl methyl sites for hydroxylation is 2. The average Bonchev–Trinajstić information content (AvgIpc) is 3.36. The third kappa shape index (κ3) is 3.09. The summed E-state index contributed by atoms with van der Waals surface area (Å²) in [6, 6.07) is 4.27. The van der Waals surface area contributed by atoms with Gasteiger partial charge in [0, 0.05) is 17.0 Å². The molecule has 3 heterocycles. The summed E-state index contributed by atoms with van der Waals surface area (Å²) in [6.45, 7) is 5.68. The molecule has 0 spiro atoms. The van der Waals surface area contributed by atoms with Crippen LogP contribution in [0.1, 0.15) is 40.2 Å². The van der Waals surface area contributed by atoms with Gasteiger partial charge in [-0.05, 0) is 49.9 Å². The van der Waals surface area contributed by atoms with Gasteiger partial charge in [0.1, 0.15) is 10.6 Å². The van der Waals surface area contributed by atoms with E-state index in [-0.39, 0.29) is 23.9 Å². The number of benzene rings is 1. The van der Waals surface area contributed by atoms with E-state index in [4.69, 9.17) is 4.74 Å². The molecule has 1 aliphatic heterocycles. The van der Waals surface area contributed by atoms with Crippen molar-refractivity contribution in [1.29, 1.82) is 0 Å². The fourth-order valence-corrected chi connectivity index (χ4v) is 5.55. The lowest BCUT2D eigenvalue weighted by atomic mass is 10.0. The van der Waals surface area contributed by atoms with Crippen molar-refractivity contribution < 1.29 is 14.3 Å². The Labute approximate surface area is 182 Å². The molecule has 0 bridgehead atoms. The molecule has 0 fully saturated rings. The van der Waals surface area contributed by atoms with Crippen LogP contribution in [-0.2, 0) is 17.6 Å². The van der Waals surface area contributed by atoms with Crippen molar-refractivity contribution in [3.05, 3.63) is 63.5 Å². The van der Waals surface area contributed by atoms with Gasteiger partial charge in [0.25, 0.3) is 11.5 Å². The van der Waals surface area contributed by atoms with E-state index in [1.165, 1.54) is 15.8 Å². The molecule has 1 aliphatic carbocycles. The predicted octanol–water partition coefficient (Wildman–Crippen LogP) is 3.30. The van der Waals surface area contributed by atoms with Gasteiger partial charge in [0.05, 0.1) is 23.4 Å². The summed E-state index contributed by atoms with van der Waals surface area (Å²) in [6.07, 6.45) is 6.02. The minimum absolute atomic E-state index is 0.0451. The van der Waals surface area contributed by atoms with E-state index >= 15 is 0 Å². The van der Waals surface area contributed by atoms with Crippen LogP contribution in [0, 0.1) is 0 Å². The number of amides is 1. The normalized spacial score (nSPS) is 16.0. The van der Waals surface area contributed by atoms with Crippen LogP contribution >= 0.6 is 11.3 Å². The summed E-state index contributed by atoms with van der Waals surface area (Å²) in [5, 5.41) is 0.654. The second kappa shape index (κ2) is 7.46. The topological polar surface area (TPSA) is 81.5 Å². The maximum Gasteiger partial charge on any atom is 0.265 e. The van der Waals surface area contributed by atoms with E-state index in [1.807, 2.05) is 0 Å². The molecular weight excluding hydrogens is 414 g/mol. The first-order valence-electron chi connectivity index (χ1n) is 10.2. The minimum Gasteiger partial charge on any atom is -0.482 e. The van der Waals surface area contributed by atoms with Crippen LogP contribution < -0.4 is 15.2 Å². The van der Waals surface area contributed by atoms with Gasteiger partial charge in [-0.3, -0.25) is 19.0 Å². The Kier molecular flexibility index (Phi) is 4.74. The second-order valence-electron chi connectivity index (χ2n) is 7.80. The standard InChI is InChI=1S/C23H21N3O4S/c1-3-9-25-16-10-14(7-8-17(16)30-11-19(25)27)21(28)13(2)26-12-24-22-20(23(26)29)15-5-4-6-18(15)31-22/h3,7-8,10,12-13H,1,4-6,9,11H2,2H3. The summed E-state index contributed by atoms with van der Waals surface area (Å²) < 4.78 is 6.91. The minimum atomic E-state index is -0.729. The number of carbonyl (C=O) groups is 2. The van der Waals surface area contributed by atoms with Crippen molar-refractivity contribution in [1.82, 2.24) is 9.55 Å². The first-order chi connectivity index (χ1) is 15.0. The van der Waals surface area contributed by atoms with Gasteiger partial charge < -0.3 is 9.64 Å². The number of hydrogen-bond donors (Lipinski definition) is 0. The van der Waals surface area contributed by atoms with Crippen LogP contribution in [0.5, 0.6) is 5.75 Å². The van der Waals surface area contributed by atoms with E-state index < -0.39 is 6.04 Å². The lowest BCUT2D eigenvalue weighted by Crippen LogP contribution is -2.39. The summed E-state index contributed by atoms with van der Waals surface area (Å²) in [4.78, 5) is 46.7. The second-order valence-corrected chi connectivity index (χ2v) is 8.88. The molecule has 3 aromatic rings. The highest BCUT2D eigenvalue weighted by Gasteiger charge is 2.28. The molecule has 5 rings (SSSR count). The van der Waals surface area contributed by atoms with Gasteiger partial charge in [-0.25, -0.2) is 4.98 Å². The maximum absolute atomic E-state index is 13.3. The average molecular weight is 436 g/mol. The van der Waals surface area contributed by atoms with Crippen LogP contribution in [0.3, 0.4) is 0 Å². The molecule has 2 aliphatic rings. The first kappa shape index (κ1) is 19.7. The van der Waals surface area contributed by atoms with E-state index in [0.29, 0.717) is 28.9 Å². The first-order valence-corrected chi connectivity index (χ1v) is 11.0. The zero-order chi connectivity index (χ0) is 21.7. The Morgan fingerprint density at radius 3 is 3.00 bits per heavy atom. The van der Waals surface area contributed by atoms with E-state index in [9.17, 15) is 14.4 Å². The molecule has 0 radical (unpaired) electrons. The Balaban J connectivity index is 1.53. The Morgan fingerprint density at radius 1 is 1.35 bits per heavy atom. The monoisotopic (exact) mass is 435 g/mol. The molecule has 0 N–H and O–H groups in total. The SMILES string of the molecule is C=CCN1C(=O)COc2ccc(C(=O)C(C)n3cnc4sc5c(c4c3=O)CCC5)cc21. The van der Waals surface area contributed by atoms with E-state index in [1.54, 1.807) is 47.4 Å². The number of ether oxygens (including phenoxy) is 1. The number of Topliss-reactive ketones (excluding diaryl/α,β-unsaturated/α-hetero) is 1. The van der Waals surface area contributed by atoms with Gasteiger partial charge in [-0.1, -0.05) is 6.08 Å². The van der Waals surface area contributed by atoms with Crippen molar-refractivity contribution in [2.24, 2.45) is 0 Å². The van der Waals surface area contributed by atoms with Crippen LogP contribution in [-0.4, -0.2) is 34.4 Å². The van der Waals surface area contributed by atoms with Crippen LogP contribution in [0.4, 0.5) is 5.69 Å². The smallest absolute Gasteiger partial charge is 0.265 e. The third-order valence-corrected chi connectivity index (χ3v) is 7.15. The highest BCUT2D eigenvalue weighted by atomic mass is 32.1. The summed E-state index contributed by atoms with van der Waals surface area (Å²) in [5.74, 6) is 0.122. The molecule has 0 saturated carbocycles. The number of nitrogens with zero attached hydrogens (tertiary/aromatic N) is 3. The quantitative estimate of drug-likeness (QED) is 0.454. The molecule has 1 unspecified atom stereocenters. The number of thiophene rings is 1. The fraction of sp³-hybridized carbons (Fsp3) is 0.304. The number of hydrogen-bond acceptors (Lipinski definition) is 6. The summed E-state index contributed by atoms with van der Waals surface area (Å²) in [7, 11) is 0. The molecule has 1 atom stereocenters. The molecular formula is C23H21N3O4S. The van der Waals surface area contributed by atoms with Crippen molar-refractivity contribution in [2.45, 2.75) is 32.2 Å². The van der Waals surface area contributed by atoms with Gasteiger partial charge >= 0.3 is 0 Å². The van der Waals surface area contributed by atoms with Crippen LogP contribution in [0.2, 0.25) is 0 Å². The van der Waals surface area contributed by atoms with E-state index in [0.717, 1.165) is 29.7 Å². The lowest BCUT2D eigenvalue weighted by Gasteiger charge is -2.29. The van der Waals surface area contributed by atoms with Crippen molar-refractivity contribution >= 4 is 38.9 Å². The summed E-state index contributed by atoms with van der Waals surface area (Å²) in [5.41, 5.74) is 1.86. The van der Waals surface area contributed by atoms with Crippen molar-refractivity contribution in [2.75, 3.05) is 18.1 Å². The van der Waals surface area contributed by atoms with Crippen LogP contribution in [0.25, 0.3) is 10.2 Å². The summed E-state index contributed by atoms with van der Waals surface area (Å²) >= 11 is 1.58. The van der Waals surface area contributed by atoms with E-state index in [2.05, 4.69) is 11.6 Å². The Bertz CT molecular complexity index is 1310. The predicted molar refractivity (Wildman–Crippen MR) is 119 cm³/mol. The molecule has 8 heteroatoms. The molecule has 158 valence electrons.